The molecule has 0 radical (unpaired) electrons. The Morgan fingerprint density at radius 2 is 2.11 bits per heavy atom. The van der Waals surface area contributed by atoms with E-state index >= 15 is 0 Å². The minimum Gasteiger partial charge on any atom is -0.496 e. The van der Waals surface area contributed by atoms with Crippen LogP contribution in [0.4, 0.5) is 0 Å². The predicted molar refractivity (Wildman–Crippen MR) is 105 cm³/mol. The van der Waals surface area contributed by atoms with Gasteiger partial charge < -0.3 is 19.8 Å². The van der Waals surface area contributed by atoms with Crippen LogP contribution in [0.1, 0.15) is 37.1 Å². The number of ether oxygens (including phenoxy) is 1. The van der Waals surface area contributed by atoms with Crippen molar-refractivity contribution in [1.29, 1.82) is 0 Å². The minimum atomic E-state index is -0.290. The Bertz CT molecular complexity index is 791. The number of carbonyl (C=O) groups is 2. The van der Waals surface area contributed by atoms with Crippen LogP contribution in [-0.4, -0.2) is 43.0 Å². The lowest BCUT2D eigenvalue weighted by atomic mass is 10.1. The summed E-state index contributed by atoms with van der Waals surface area (Å²) in [6.07, 6.45) is 3.23. The molecule has 2 heterocycles. The SMILES string of the molecule is COc1ccccc1C(C)NC(=O)CN1CCCC1C(=O)NCc1ccco1. The van der Waals surface area contributed by atoms with Gasteiger partial charge >= 0.3 is 0 Å². The van der Waals surface area contributed by atoms with E-state index in [0.29, 0.717) is 12.3 Å². The van der Waals surface area contributed by atoms with Crippen LogP contribution in [0.5, 0.6) is 5.75 Å². The molecule has 0 bridgehead atoms. The molecule has 3 rings (SSSR count). The first-order valence-electron chi connectivity index (χ1n) is 9.55. The van der Waals surface area contributed by atoms with E-state index in [1.54, 1.807) is 19.4 Å². The fraction of sp³-hybridized carbons (Fsp3) is 0.429. The van der Waals surface area contributed by atoms with Gasteiger partial charge in [-0.15, -0.1) is 0 Å². The maximum Gasteiger partial charge on any atom is 0.237 e. The molecule has 0 aliphatic carbocycles. The predicted octanol–water partition coefficient (Wildman–Crippen LogP) is 2.25. The van der Waals surface area contributed by atoms with Crippen molar-refractivity contribution in [3.05, 3.63) is 54.0 Å². The zero-order valence-corrected chi connectivity index (χ0v) is 16.3. The lowest BCUT2D eigenvalue weighted by molar-refractivity contribution is -0.128. The van der Waals surface area contributed by atoms with Crippen LogP contribution < -0.4 is 15.4 Å². The Labute approximate surface area is 165 Å². The number of nitrogens with zero attached hydrogens (tertiary/aromatic N) is 1. The van der Waals surface area contributed by atoms with Crippen molar-refractivity contribution in [1.82, 2.24) is 15.5 Å². The summed E-state index contributed by atoms with van der Waals surface area (Å²) >= 11 is 0. The molecule has 1 aromatic carbocycles. The van der Waals surface area contributed by atoms with Crippen LogP contribution >= 0.6 is 0 Å². The molecule has 0 saturated carbocycles. The molecular weight excluding hydrogens is 358 g/mol. The van der Waals surface area contributed by atoms with Gasteiger partial charge in [0, 0.05) is 5.56 Å². The highest BCUT2D eigenvalue weighted by molar-refractivity contribution is 5.84. The number of para-hydroxylation sites is 1. The molecule has 2 unspecified atom stereocenters. The standard InChI is InChI=1S/C21H27N3O4/c1-15(17-8-3-4-10-19(17)27-2)23-20(25)14-24-11-5-9-18(24)21(26)22-13-16-7-6-12-28-16/h3-4,6-8,10,12,15,18H,5,9,11,13-14H2,1-2H3,(H,22,26)(H,23,25). The van der Waals surface area contributed by atoms with E-state index in [2.05, 4.69) is 10.6 Å². The number of likely N-dealkylation sites (tertiary alicyclic amines) is 1. The average Bonchev–Trinajstić information content (AvgIpc) is 3.38. The monoisotopic (exact) mass is 385 g/mol. The zero-order chi connectivity index (χ0) is 19.9. The van der Waals surface area contributed by atoms with Gasteiger partial charge in [-0.05, 0) is 44.5 Å². The summed E-state index contributed by atoms with van der Waals surface area (Å²) in [6, 6.07) is 10.8. The number of hydrogen-bond donors (Lipinski definition) is 2. The normalized spacial score (nSPS) is 17.9. The van der Waals surface area contributed by atoms with Crippen molar-refractivity contribution < 1.29 is 18.7 Å². The van der Waals surface area contributed by atoms with Crippen LogP contribution in [0.15, 0.2) is 47.1 Å². The maximum atomic E-state index is 12.6. The summed E-state index contributed by atoms with van der Waals surface area (Å²) in [5, 5.41) is 5.89. The van der Waals surface area contributed by atoms with E-state index in [9.17, 15) is 9.59 Å². The van der Waals surface area contributed by atoms with Crippen molar-refractivity contribution in [3.63, 3.8) is 0 Å². The second kappa shape index (κ2) is 9.41. The number of carbonyl (C=O) groups excluding carboxylic acids is 2. The third kappa shape index (κ3) is 4.92. The molecule has 7 heteroatoms. The van der Waals surface area contributed by atoms with E-state index in [1.165, 1.54) is 0 Å². The maximum absolute atomic E-state index is 12.6. The fourth-order valence-electron chi connectivity index (χ4n) is 3.59. The van der Waals surface area contributed by atoms with Gasteiger partial charge in [0.25, 0.3) is 0 Å². The molecular formula is C21H27N3O4. The zero-order valence-electron chi connectivity index (χ0n) is 16.3. The first kappa shape index (κ1) is 19.9. The molecule has 150 valence electrons. The highest BCUT2D eigenvalue weighted by Crippen LogP contribution is 2.24. The van der Waals surface area contributed by atoms with Gasteiger partial charge in [0.05, 0.1) is 38.5 Å². The smallest absolute Gasteiger partial charge is 0.237 e. The van der Waals surface area contributed by atoms with Crippen molar-refractivity contribution >= 4 is 11.8 Å². The second-order valence-corrected chi connectivity index (χ2v) is 6.96. The molecule has 2 N–H and O–H groups in total. The third-order valence-corrected chi connectivity index (χ3v) is 5.01. The summed E-state index contributed by atoms with van der Waals surface area (Å²) in [6.45, 7) is 3.20. The molecule has 1 aliphatic heterocycles. The topological polar surface area (TPSA) is 83.8 Å². The minimum absolute atomic E-state index is 0.0699. The van der Waals surface area contributed by atoms with Gasteiger partial charge in [-0.2, -0.15) is 0 Å². The number of rotatable bonds is 8. The van der Waals surface area contributed by atoms with Gasteiger partial charge in [-0.3, -0.25) is 14.5 Å². The van der Waals surface area contributed by atoms with Crippen LogP contribution in [0, 0.1) is 0 Å². The summed E-state index contributed by atoms with van der Waals surface area (Å²) in [5.41, 5.74) is 0.924. The van der Waals surface area contributed by atoms with Gasteiger partial charge in [0.15, 0.2) is 0 Å². The number of methoxy groups -OCH3 is 1. The second-order valence-electron chi connectivity index (χ2n) is 6.96. The highest BCUT2D eigenvalue weighted by Gasteiger charge is 2.32. The van der Waals surface area contributed by atoms with Crippen LogP contribution in [-0.2, 0) is 16.1 Å². The summed E-state index contributed by atoms with van der Waals surface area (Å²) in [5.74, 6) is 1.27. The quantitative estimate of drug-likeness (QED) is 0.728. The third-order valence-electron chi connectivity index (χ3n) is 5.01. The molecule has 2 aromatic rings. The number of amides is 2. The molecule has 1 fully saturated rings. The van der Waals surface area contributed by atoms with Crippen molar-refractivity contribution in [3.8, 4) is 5.75 Å². The van der Waals surface area contributed by atoms with E-state index < -0.39 is 0 Å². The van der Waals surface area contributed by atoms with Crippen molar-refractivity contribution in [2.45, 2.75) is 38.4 Å². The lowest BCUT2D eigenvalue weighted by Crippen LogP contribution is -2.47. The molecule has 1 aromatic heterocycles. The first-order chi connectivity index (χ1) is 13.6. The lowest BCUT2D eigenvalue weighted by Gasteiger charge is -2.24. The Hall–Kier alpha value is -2.80. The largest absolute Gasteiger partial charge is 0.496 e. The fourth-order valence-corrected chi connectivity index (χ4v) is 3.59. The number of furan rings is 1. The molecule has 1 aliphatic rings. The molecule has 7 nitrogen and oxygen atoms in total. The molecule has 2 amide bonds. The van der Waals surface area contributed by atoms with Gasteiger partial charge in [0.2, 0.25) is 11.8 Å². The Balaban J connectivity index is 1.53. The molecule has 2 atom stereocenters. The highest BCUT2D eigenvalue weighted by atomic mass is 16.5. The van der Waals surface area contributed by atoms with E-state index in [1.807, 2.05) is 42.2 Å². The van der Waals surface area contributed by atoms with E-state index in [4.69, 9.17) is 9.15 Å². The van der Waals surface area contributed by atoms with E-state index in [-0.39, 0.29) is 30.4 Å². The van der Waals surface area contributed by atoms with Crippen molar-refractivity contribution in [2.75, 3.05) is 20.2 Å². The van der Waals surface area contributed by atoms with E-state index in [0.717, 1.165) is 30.7 Å². The van der Waals surface area contributed by atoms with Crippen molar-refractivity contribution in [2.24, 2.45) is 0 Å². The van der Waals surface area contributed by atoms with Gasteiger partial charge in [-0.1, -0.05) is 18.2 Å². The Morgan fingerprint density at radius 3 is 2.86 bits per heavy atom. The molecule has 1 saturated heterocycles. The average molecular weight is 385 g/mol. The van der Waals surface area contributed by atoms with Crippen LogP contribution in [0.2, 0.25) is 0 Å². The first-order valence-corrected chi connectivity index (χ1v) is 9.55. The van der Waals surface area contributed by atoms with Gasteiger partial charge in [-0.25, -0.2) is 0 Å². The molecule has 28 heavy (non-hydrogen) atoms. The summed E-state index contributed by atoms with van der Waals surface area (Å²) < 4.78 is 10.6. The van der Waals surface area contributed by atoms with Crippen LogP contribution in [0.25, 0.3) is 0 Å². The summed E-state index contributed by atoms with van der Waals surface area (Å²) in [7, 11) is 1.61. The Kier molecular flexibility index (Phi) is 6.71. The number of benzene rings is 1. The Morgan fingerprint density at radius 1 is 1.29 bits per heavy atom. The number of nitrogens with one attached hydrogen (secondary N) is 2. The van der Waals surface area contributed by atoms with Gasteiger partial charge in [0.1, 0.15) is 11.5 Å². The molecule has 0 spiro atoms. The summed E-state index contributed by atoms with van der Waals surface area (Å²) in [4.78, 5) is 27.0. The van der Waals surface area contributed by atoms with Crippen LogP contribution in [0.3, 0.4) is 0 Å². The number of hydrogen-bond acceptors (Lipinski definition) is 5.